The highest BCUT2D eigenvalue weighted by molar-refractivity contribution is 7.97. The predicted octanol–water partition coefficient (Wildman–Crippen LogP) is 4.08. The molecule has 4 rings (SSSR count). The number of hydrogen-bond acceptors (Lipinski definition) is 7. The summed E-state index contributed by atoms with van der Waals surface area (Å²) in [5.74, 6) is 0. The average Bonchev–Trinajstić information content (AvgIpc) is 3.23. The van der Waals surface area contributed by atoms with Crippen molar-refractivity contribution in [1.29, 1.82) is 5.26 Å². The number of aryl methyl sites for hydroxylation is 1. The first-order valence-electron chi connectivity index (χ1n) is 9.42. The van der Waals surface area contributed by atoms with Crippen LogP contribution < -0.4 is 5.32 Å². The standard InChI is InChI=1S/C22H17N5O3S2/c1-14-9-17(11-18(13-28)24-14)20-19(16-4-2-3-15(10-16)12-23)25-21(31-20)26-22(29)27-5-7-32(30)8-6-27/h2-11,28H,13H2,1H3,(H,25,26,29). The second-order valence-electron chi connectivity index (χ2n) is 6.77. The number of aliphatic hydroxyl groups is 1. The second-order valence-corrected chi connectivity index (χ2v) is 8.97. The van der Waals surface area contributed by atoms with E-state index >= 15 is 0 Å². The Hall–Kier alpha value is -3.49. The average molecular weight is 464 g/mol. The topological polar surface area (TPSA) is 125 Å². The molecule has 10 heteroatoms. The van der Waals surface area contributed by atoms with Crippen LogP contribution in [0.5, 0.6) is 0 Å². The van der Waals surface area contributed by atoms with Crippen molar-refractivity contribution >= 4 is 33.7 Å². The van der Waals surface area contributed by atoms with Gasteiger partial charge in [-0.2, -0.15) is 5.26 Å². The van der Waals surface area contributed by atoms with Gasteiger partial charge in [0.25, 0.3) is 0 Å². The predicted molar refractivity (Wildman–Crippen MR) is 123 cm³/mol. The van der Waals surface area contributed by atoms with Gasteiger partial charge in [0.05, 0.1) is 46.9 Å². The Balaban J connectivity index is 1.76. The lowest BCUT2D eigenvalue weighted by molar-refractivity contribution is 0.239. The van der Waals surface area contributed by atoms with Gasteiger partial charge in [-0.3, -0.25) is 15.2 Å². The number of carbonyl (C=O) groups excluding carboxylic acids is 1. The zero-order chi connectivity index (χ0) is 22.7. The maximum atomic E-state index is 12.6. The summed E-state index contributed by atoms with van der Waals surface area (Å²) in [4.78, 5) is 23.6. The number of nitrogens with zero attached hydrogens (tertiary/aromatic N) is 4. The van der Waals surface area contributed by atoms with E-state index in [1.807, 2.05) is 19.1 Å². The lowest BCUT2D eigenvalue weighted by Crippen LogP contribution is -2.27. The summed E-state index contributed by atoms with van der Waals surface area (Å²) >= 11 is 0.0408. The van der Waals surface area contributed by atoms with E-state index in [0.717, 1.165) is 21.7 Å². The first kappa shape index (κ1) is 21.7. The highest BCUT2D eigenvalue weighted by atomic mass is 32.2. The number of amides is 2. The number of benzene rings is 1. The number of urea groups is 1. The Labute approximate surface area is 191 Å². The van der Waals surface area contributed by atoms with Crippen LogP contribution in [0.4, 0.5) is 9.93 Å². The number of thiazole rings is 1. The number of hydrogen-bond donors (Lipinski definition) is 2. The van der Waals surface area contributed by atoms with E-state index in [9.17, 15) is 19.7 Å². The summed E-state index contributed by atoms with van der Waals surface area (Å²) in [7, 11) is 0. The minimum absolute atomic E-state index is 0.203. The fraction of sp³-hybridized carbons (Fsp3) is 0.0909. The maximum Gasteiger partial charge on any atom is 0.332 e. The van der Waals surface area contributed by atoms with Gasteiger partial charge in [0.1, 0.15) is 10.8 Å². The SMILES string of the molecule is Cc1cc(-c2sc(NC(=O)N3C=C[S+]([O-])C=C3)nc2-c2cccc(C#N)c2)cc(CO)n1. The third kappa shape index (κ3) is 4.71. The summed E-state index contributed by atoms with van der Waals surface area (Å²) in [6, 6.07) is 12.4. The number of carbonyl (C=O) groups is 1. The van der Waals surface area contributed by atoms with Crippen molar-refractivity contribution in [2.24, 2.45) is 0 Å². The van der Waals surface area contributed by atoms with E-state index in [1.54, 1.807) is 24.3 Å². The molecule has 3 heterocycles. The lowest BCUT2D eigenvalue weighted by Gasteiger charge is -2.15. The summed E-state index contributed by atoms with van der Waals surface area (Å²) in [5, 5.41) is 24.8. The normalized spacial score (nSPS) is 13.2. The molecule has 2 N–H and O–H groups in total. The molecule has 0 saturated heterocycles. The van der Waals surface area contributed by atoms with Gasteiger partial charge >= 0.3 is 6.03 Å². The number of anilines is 1. The fourth-order valence-electron chi connectivity index (χ4n) is 3.09. The Morgan fingerprint density at radius 1 is 1.25 bits per heavy atom. The minimum atomic E-state index is -1.23. The van der Waals surface area contributed by atoms with Crippen LogP contribution in [-0.2, 0) is 17.8 Å². The zero-order valence-electron chi connectivity index (χ0n) is 16.8. The van der Waals surface area contributed by atoms with Crippen LogP contribution in [0, 0.1) is 18.3 Å². The molecule has 0 fully saturated rings. The van der Waals surface area contributed by atoms with Crippen molar-refractivity contribution in [2.75, 3.05) is 5.32 Å². The number of aliphatic hydroxyl groups excluding tert-OH is 1. The van der Waals surface area contributed by atoms with Gasteiger partial charge in [-0.05, 0) is 36.8 Å². The first-order valence-corrected chi connectivity index (χ1v) is 11.5. The van der Waals surface area contributed by atoms with Crippen molar-refractivity contribution in [3.8, 4) is 27.8 Å². The molecule has 160 valence electrons. The lowest BCUT2D eigenvalue weighted by atomic mass is 10.0. The Morgan fingerprint density at radius 3 is 2.75 bits per heavy atom. The fourth-order valence-corrected chi connectivity index (χ4v) is 4.65. The molecule has 1 aromatic carbocycles. The summed E-state index contributed by atoms with van der Waals surface area (Å²) in [5.41, 5.74) is 3.87. The monoisotopic (exact) mass is 463 g/mol. The van der Waals surface area contributed by atoms with Crippen molar-refractivity contribution in [1.82, 2.24) is 14.9 Å². The molecule has 2 amide bonds. The smallest absolute Gasteiger partial charge is 0.332 e. The molecule has 8 nitrogen and oxygen atoms in total. The van der Waals surface area contributed by atoms with Crippen LogP contribution in [-0.4, -0.2) is 30.6 Å². The number of nitriles is 1. The van der Waals surface area contributed by atoms with Gasteiger partial charge in [0.2, 0.25) is 0 Å². The number of pyridine rings is 1. The highest BCUT2D eigenvalue weighted by Crippen LogP contribution is 2.39. The van der Waals surface area contributed by atoms with E-state index < -0.39 is 17.2 Å². The molecule has 0 saturated carbocycles. The van der Waals surface area contributed by atoms with Gasteiger partial charge in [-0.15, -0.1) is 0 Å². The largest absolute Gasteiger partial charge is 0.607 e. The van der Waals surface area contributed by atoms with E-state index in [4.69, 9.17) is 0 Å². The number of nitrogens with one attached hydrogen (secondary N) is 1. The van der Waals surface area contributed by atoms with Gasteiger partial charge in [0.15, 0.2) is 5.13 Å². The van der Waals surface area contributed by atoms with E-state index in [1.165, 1.54) is 39.5 Å². The number of rotatable bonds is 4. The van der Waals surface area contributed by atoms with Gasteiger partial charge in [-0.1, -0.05) is 23.5 Å². The molecule has 0 spiro atoms. The van der Waals surface area contributed by atoms with Crippen LogP contribution in [0.25, 0.3) is 21.7 Å². The summed E-state index contributed by atoms with van der Waals surface area (Å²) in [6.45, 7) is 1.63. The van der Waals surface area contributed by atoms with Crippen LogP contribution >= 0.6 is 11.3 Å². The molecule has 0 bridgehead atoms. The first-order chi connectivity index (χ1) is 15.5. The van der Waals surface area contributed by atoms with E-state index in [2.05, 4.69) is 21.4 Å². The van der Waals surface area contributed by atoms with Gasteiger partial charge < -0.3 is 9.66 Å². The van der Waals surface area contributed by atoms with Crippen molar-refractivity contribution in [3.63, 3.8) is 0 Å². The van der Waals surface area contributed by atoms with Gasteiger partial charge in [-0.25, -0.2) is 9.78 Å². The Kier molecular flexibility index (Phi) is 6.34. The quantitative estimate of drug-likeness (QED) is 0.562. The molecule has 1 aliphatic heterocycles. The number of aromatic nitrogens is 2. The van der Waals surface area contributed by atoms with Crippen LogP contribution in [0.15, 0.2) is 59.6 Å². The maximum absolute atomic E-state index is 12.6. The molecule has 0 atom stereocenters. The Morgan fingerprint density at radius 2 is 2.03 bits per heavy atom. The third-order valence-corrected chi connectivity index (χ3v) is 6.28. The van der Waals surface area contributed by atoms with Crippen molar-refractivity contribution in [3.05, 3.63) is 76.6 Å². The summed E-state index contributed by atoms with van der Waals surface area (Å²) < 4.78 is 11.4. The second kappa shape index (κ2) is 9.33. The van der Waals surface area contributed by atoms with E-state index in [0.29, 0.717) is 22.1 Å². The third-order valence-electron chi connectivity index (χ3n) is 4.48. The highest BCUT2D eigenvalue weighted by Gasteiger charge is 2.20. The minimum Gasteiger partial charge on any atom is -0.607 e. The molecular weight excluding hydrogens is 446 g/mol. The molecule has 0 unspecified atom stereocenters. The molecule has 0 aliphatic carbocycles. The van der Waals surface area contributed by atoms with Gasteiger partial charge in [0, 0.05) is 22.4 Å². The molecule has 32 heavy (non-hydrogen) atoms. The summed E-state index contributed by atoms with van der Waals surface area (Å²) in [6.07, 6.45) is 2.86. The zero-order valence-corrected chi connectivity index (χ0v) is 18.5. The molecule has 3 aromatic rings. The van der Waals surface area contributed by atoms with Crippen LogP contribution in [0.1, 0.15) is 17.0 Å². The molecule has 2 aromatic heterocycles. The van der Waals surface area contributed by atoms with Crippen molar-refractivity contribution in [2.45, 2.75) is 13.5 Å². The van der Waals surface area contributed by atoms with E-state index in [-0.39, 0.29) is 6.61 Å². The molecular formula is C22H17N5O3S2. The Bertz CT molecular complexity index is 1260. The van der Waals surface area contributed by atoms with Crippen molar-refractivity contribution < 1.29 is 14.5 Å². The van der Waals surface area contributed by atoms with Crippen LogP contribution in [0.3, 0.4) is 0 Å². The molecule has 0 radical (unpaired) electrons. The molecule has 1 aliphatic rings. The van der Waals surface area contributed by atoms with Crippen LogP contribution in [0.2, 0.25) is 0 Å².